The quantitative estimate of drug-likeness (QED) is 0.785. The fraction of sp³-hybridized carbons (Fsp3) is 0.167. The van der Waals surface area contributed by atoms with Crippen LogP contribution in [0.4, 0.5) is 5.69 Å². The van der Waals surface area contributed by atoms with Gasteiger partial charge >= 0.3 is 0 Å². The van der Waals surface area contributed by atoms with Crippen molar-refractivity contribution in [3.63, 3.8) is 0 Å². The van der Waals surface area contributed by atoms with E-state index in [1.54, 1.807) is 11.3 Å². The van der Waals surface area contributed by atoms with Gasteiger partial charge in [-0.25, -0.2) is 0 Å². The average molecular weight is 377 g/mol. The second-order valence-corrected chi connectivity index (χ2v) is 6.39. The summed E-state index contributed by atoms with van der Waals surface area (Å²) in [5.41, 5.74) is 7.63. The van der Waals surface area contributed by atoms with Crippen LogP contribution in [0.3, 0.4) is 0 Å². The molecule has 90 valence electrons. The minimum absolute atomic E-state index is 0.533. The van der Waals surface area contributed by atoms with E-state index in [-0.39, 0.29) is 0 Å². The Morgan fingerprint density at radius 2 is 2.12 bits per heavy atom. The van der Waals surface area contributed by atoms with Crippen molar-refractivity contribution in [3.8, 4) is 5.75 Å². The molecule has 0 saturated carbocycles. The first-order valence-corrected chi connectivity index (χ1v) is 7.45. The minimum atomic E-state index is 0.533. The smallest absolute Gasteiger partial charge is 0.145 e. The highest BCUT2D eigenvalue weighted by molar-refractivity contribution is 9.10. The molecule has 1 aromatic carbocycles. The second kappa shape index (κ2) is 5.42. The molecule has 2 N–H and O–H groups in total. The van der Waals surface area contributed by atoms with Crippen LogP contribution in [0.2, 0.25) is 0 Å². The van der Waals surface area contributed by atoms with Gasteiger partial charge in [0.2, 0.25) is 0 Å². The maximum atomic E-state index is 5.94. The largest absolute Gasteiger partial charge is 0.486 e. The van der Waals surface area contributed by atoms with Crippen LogP contribution in [0.5, 0.6) is 5.75 Å². The zero-order valence-electron chi connectivity index (χ0n) is 9.17. The van der Waals surface area contributed by atoms with Gasteiger partial charge in [0.25, 0.3) is 0 Å². The fourth-order valence-electron chi connectivity index (χ4n) is 1.52. The summed E-state index contributed by atoms with van der Waals surface area (Å²) >= 11 is 8.55. The Balaban J connectivity index is 2.17. The number of aryl methyl sites for hydroxylation is 1. The Morgan fingerprint density at radius 1 is 1.35 bits per heavy atom. The third-order valence-corrected chi connectivity index (χ3v) is 4.66. The maximum Gasteiger partial charge on any atom is 0.145 e. The Hall–Kier alpha value is -0.520. The number of hydrogen-bond donors (Lipinski definition) is 1. The molecule has 1 heterocycles. The first-order chi connectivity index (χ1) is 8.08. The van der Waals surface area contributed by atoms with Crippen molar-refractivity contribution in [2.24, 2.45) is 0 Å². The van der Waals surface area contributed by atoms with Crippen LogP contribution in [0.1, 0.15) is 10.4 Å². The minimum Gasteiger partial charge on any atom is -0.486 e. The third-order valence-electron chi connectivity index (χ3n) is 2.31. The molecule has 1 aromatic heterocycles. The fourth-order valence-corrected chi connectivity index (χ4v) is 3.49. The molecule has 0 bridgehead atoms. The van der Waals surface area contributed by atoms with E-state index >= 15 is 0 Å². The molecule has 0 aliphatic rings. The molecule has 2 aromatic rings. The van der Waals surface area contributed by atoms with Crippen LogP contribution < -0.4 is 10.5 Å². The van der Waals surface area contributed by atoms with Gasteiger partial charge in [-0.1, -0.05) is 15.9 Å². The van der Waals surface area contributed by atoms with Gasteiger partial charge in [-0.2, -0.15) is 0 Å². The predicted octanol–water partition coefficient (Wildman–Crippen LogP) is 4.74. The van der Waals surface area contributed by atoms with E-state index in [1.165, 1.54) is 0 Å². The molecule has 2 rings (SSSR count). The highest BCUT2D eigenvalue weighted by atomic mass is 79.9. The van der Waals surface area contributed by atoms with Crippen molar-refractivity contribution in [1.82, 2.24) is 0 Å². The highest BCUT2D eigenvalue weighted by Gasteiger charge is 2.08. The van der Waals surface area contributed by atoms with Gasteiger partial charge in [0.05, 0.1) is 10.6 Å². The number of nitrogens with two attached hydrogens (primary N) is 1. The van der Waals surface area contributed by atoms with Crippen molar-refractivity contribution in [2.75, 3.05) is 5.73 Å². The van der Waals surface area contributed by atoms with Crippen LogP contribution in [0.15, 0.2) is 32.5 Å². The van der Waals surface area contributed by atoms with E-state index in [4.69, 9.17) is 10.5 Å². The summed E-state index contributed by atoms with van der Waals surface area (Å²) in [7, 11) is 0. The van der Waals surface area contributed by atoms with Crippen LogP contribution in [-0.2, 0) is 6.61 Å². The number of halogens is 2. The predicted molar refractivity (Wildman–Crippen MR) is 79.6 cm³/mol. The number of rotatable bonds is 3. The topological polar surface area (TPSA) is 35.2 Å². The van der Waals surface area contributed by atoms with Crippen molar-refractivity contribution in [2.45, 2.75) is 13.5 Å². The van der Waals surface area contributed by atoms with E-state index < -0.39 is 0 Å². The van der Waals surface area contributed by atoms with Gasteiger partial charge in [0, 0.05) is 8.95 Å². The van der Waals surface area contributed by atoms with Gasteiger partial charge in [0.1, 0.15) is 12.4 Å². The van der Waals surface area contributed by atoms with Crippen LogP contribution >= 0.6 is 43.2 Å². The number of benzene rings is 1. The van der Waals surface area contributed by atoms with Crippen LogP contribution in [-0.4, -0.2) is 0 Å². The van der Waals surface area contributed by atoms with Crippen molar-refractivity contribution >= 4 is 48.9 Å². The lowest BCUT2D eigenvalue weighted by Gasteiger charge is -2.11. The molecule has 0 radical (unpaired) electrons. The number of anilines is 1. The number of ether oxygens (including phenoxy) is 1. The Labute approximate surface area is 121 Å². The van der Waals surface area contributed by atoms with Crippen LogP contribution in [0, 0.1) is 6.92 Å². The molecule has 0 spiro atoms. The monoisotopic (exact) mass is 375 g/mol. The molecule has 0 aliphatic heterocycles. The molecule has 0 saturated heterocycles. The molecule has 0 unspecified atom stereocenters. The summed E-state index contributed by atoms with van der Waals surface area (Å²) in [5.74, 6) is 0.758. The second-order valence-electron chi connectivity index (χ2n) is 3.62. The summed E-state index contributed by atoms with van der Waals surface area (Å²) in [5, 5.41) is 2.03. The summed E-state index contributed by atoms with van der Waals surface area (Å²) in [4.78, 5) is 1.16. The first-order valence-electron chi connectivity index (χ1n) is 4.98. The molecule has 0 amide bonds. The summed E-state index contributed by atoms with van der Waals surface area (Å²) < 4.78 is 7.83. The summed E-state index contributed by atoms with van der Waals surface area (Å²) in [6.07, 6.45) is 0. The van der Waals surface area contributed by atoms with E-state index in [1.807, 2.05) is 30.5 Å². The Kier molecular flexibility index (Phi) is 4.12. The van der Waals surface area contributed by atoms with Gasteiger partial charge in [0.15, 0.2) is 0 Å². The molecule has 5 heteroatoms. The zero-order chi connectivity index (χ0) is 12.4. The van der Waals surface area contributed by atoms with Gasteiger partial charge in [-0.15, -0.1) is 11.3 Å². The molecular formula is C12H11Br2NOS. The lowest BCUT2D eigenvalue weighted by atomic mass is 10.2. The number of nitrogen functional groups attached to an aromatic ring is 1. The van der Waals surface area contributed by atoms with Gasteiger partial charge < -0.3 is 10.5 Å². The lowest BCUT2D eigenvalue weighted by molar-refractivity contribution is 0.309. The van der Waals surface area contributed by atoms with E-state index in [0.29, 0.717) is 12.3 Å². The Morgan fingerprint density at radius 3 is 2.71 bits per heavy atom. The standard InChI is InChI=1S/C12H11Br2NOS/c1-7-4-8(13)5-10(15)12(7)16-6-11-9(14)2-3-17-11/h2-5H,6,15H2,1H3. The number of thiophene rings is 1. The molecule has 2 nitrogen and oxygen atoms in total. The molecule has 0 atom stereocenters. The number of hydrogen-bond acceptors (Lipinski definition) is 3. The van der Waals surface area contributed by atoms with Gasteiger partial charge in [-0.05, 0) is 52.0 Å². The zero-order valence-corrected chi connectivity index (χ0v) is 13.2. The van der Waals surface area contributed by atoms with Crippen molar-refractivity contribution in [3.05, 3.63) is 43.0 Å². The SMILES string of the molecule is Cc1cc(Br)cc(N)c1OCc1sccc1Br. The normalized spacial score (nSPS) is 10.5. The van der Waals surface area contributed by atoms with Crippen molar-refractivity contribution < 1.29 is 4.74 Å². The van der Waals surface area contributed by atoms with Crippen molar-refractivity contribution in [1.29, 1.82) is 0 Å². The summed E-state index contributed by atoms with van der Waals surface area (Å²) in [6, 6.07) is 5.86. The molecular weight excluding hydrogens is 366 g/mol. The highest BCUT2D eigenvalue weighted by Crippen LogP contribution is 2.32. The van der Waals surface area contributed by atoms with E-state index in [0.717, 1.165) is 25.1 Å². The first kappa shape index (κ1) is 12.9. The van der Waals surface area contributed by atoms with E-state index in [9.17, 15) is 0 Å². The third kappa shape index (κ3) is 3.03. The Bertz CT molecular complexity index is 516. The maximum absolute atomic E-state index is 5.94. The van der Waals surface area contributed by atoms with Crippen LogP contribution in [0.25, 0.3) is 0 Å². The van der Waals surface area contributed by atoms with Gasteiger partial charge in [-0.3, -0.25) is 0 Å². The average Bonchev–Trinajstić information content (AvgIpc) is 2.62. The summed E-state index contributed by atoms with van der Waals surface area (Å²) in [6.45, 7) is 2.52. The molecule has 0 fully saturated rings. The lowest BCUT2D eigenvalue weighted by Crippen LogP contribution is -2.00. The molecule has 0 aliphatic carbocycles. The molecule has 17 heavy (non-hydrogen) atoms. The van der Waals surface area contributed by atoms with E-state index in [2.05, 4.69) is 31.9 Å².